The van der Waals surface area contributed by atoms with E-state index in [9.17, 15) is 9.59 Å². The summed E-state index contributed by atoms with van der Waals surface area (Å²) in [4.78, 5) is 27.1. The van der Waals surface area contributed by atoms with Gasteiger partial charge in [-0.1, -0.05) is 37.6 Å². The largest absolute Gasteiger partial charge is 0.329 e. The van der Waals surface area contributed by atoms with Crippen molar-refractivity contribution in [2.24, 2.45) is 13.0 Å². The lowest BCUT2D eigenvalue weighted by atomic mass is 10.2. The maximum absolute atomic E-state index is 12.6. The van der Waals surface area contributed by atoms with Crippen molar-refractivity contribution < 1.29 is 0 Å². The van der Waals surface area contributed by atoms with Crippen molar-refractivity contribution in [3.8, 4) is 11.4 Å². The van der Waals surface area contributed by atoms with E-state index in [1.165, 1.54) is 4.57 Å². The second kappa shape index (κ2) is 5.84. The van der Waals surface area contributed by atoms with E-state index in [0.29, 0.717) is 39.9 Å². The summed E-state index contributed by atoms with van der Waals surface area (Å²) in [6.45, 7) is 4.66. The Bertz CT molecular complexity index is 1260. The zero-order valence-corrected chi connectivity index (χ0v) is 15.3. The number of aromatic amines is 1. The van der Waals surface area contributed by atoms with Gasteiger partial charge in [-0.25, -0.2) is 9.20 Å². The Balaban J connectivity index is 2.23. The number of nitrogens with one attached hydrogen (secondary N) is 1. The summed E-state index contributed by atoms with van der Waals surface area (Å²) in [7, 11) is 1.61. The highest BCUT2D eigenvalue weighted by molar-refractivity contribution is 6.33. The molecule has 4 rings (SSSR count). The zero-order valence-electron chi connectivity index (χ0n) is 14.5. The molecule has 0 aliphatic rings. The molecular weight excluding hydrogens is 356 g/mol. The lowest BCUT2D eigenvalue weighted by Crippen LogP contribution is -2.29. The summed E-state index contributed by atoms with van der Waals surface area (Å²) in [6, 6.07) is 7.26. The van der Waals surface area contributed by atoms with Crippen molar-refractivity contribution in [2.45, 2.75) is 20.4 Å². The molecule has 0 unspecified atom stereocenters. The maximum Gasteiger partial charge on any atom is 0.329 e. The highest BCUT2D eigenvalue weighted by Gasteiger charge is 2.23. The number of fused-ring (bicyclic) bond motifs is 3. The van der Waals surface area contributed by atoms with E-state index in [1.54, 1.807) is 22.1 Å². The number of halogens is 1. The average Bonchev–Trinajstić information content (AvgIpc) is 3.12. The van der Waals surface area contributed by atoms with Crippen molar-refractivity contribution in [3.05, 3.63) is 50.1 Å². The van der Waals surface area contributed by atoms with Crippen LogP contribution in [-0.4, -0.2) is 28.7 Å². The third-order valence-electron chi connectivity index (χ3n) is 4.30. The molecule has 0 spiro atoms. The number of H-pyrrole nitrogens is 1. The summed E-state index contributed by atoms with van der Waals surface area (Å²) < 4.78 is 4.91. The lowest BCUT2D eigenvalue weighted by Gasteiger charge is -2.07. The Morgan fingerprint density at radius 3 is 2.62 bits per heavy atom. The van der Waals surface area contributed by atoms with Gasteiger partial charge >= 0.3 is 5.69 Å². The van der Waals surface area contributed by atoms with E-state index in [-0.39, 0.29) is 5.92 Å². The molecule has 0 saturated carbocycles. The SMILES string of the molecule is CC(C)Cn1c2c(=O)[nH]c(=O)n(C)c2n2c(-c3ccccc3Cl)nnc12. The Morgan fingerprint density at radius 1 is 1.19 bits per heavy atom. The van der Waals surface area contributed by atoms with Crippen LogP contribution in [0.5, 0.6) is 0 Å². The molecule has 1 aromatic carbocycles. The number of imidazole rings is 1. The Morgan fingerprint density at radius 2 is 1.92 bits per heavy atom. The molecule has 3 aromatic heterocycles. The van der Waals surface area contributed by atoms with Gasteiger partial charge < -0.3 is 4.57 Å². The molecule has 0 fully saturated rings. The maximum atomic E-state index is 12.6. The first kappa shape index (κ1) is 16.6. The number of aromatic nitrogens is 6. The van der Waals surface area contributed by atoms with Gasteiger partial charge in [0, 0.05) is 19.2 Å². The molecule has 0 atom stereocenters. The molecule has 8 nitrogen and oxygen atoms in total. The van der Waals surface area contributed by atoms with Crippen molar-refractivity contribution in [1.82, 2.24) is 28.7 Å². The molecule has 134 valence electrons. The molecule has 3 heterocycles. The standard InChI is InChI=1S/C17H17ClN6O2/c1-9(2)8-23-12-14(25)19-17(26)22(3)15(12)24-13(20-21-16(23)24)10-6-4-5-7-11(10)18/h4-7,9H,8H2,1-3H3,(H,19,25,26). The molecule has 0 radical (unpaired) electrons. The summed E-state index contributed by atoms with van der Waals surface area (Å²) in [5, 5.41) is 9.09. The highest BCUT2D eigenvalue weighted by Crippen LogP contribution is 2.29. The highest BCUT2D eigenvalue weighted by atomic mass is 35.5. The monoisotopic (exact) mass is 372 g/mol. The number of aryl methyl sites for hydroxylation is 1. The first-order valence-electron chi connectivity index (χ1n) is 8.21. The van der Waals surface area contributed by atoms with Gasteiger partial charge in [0.1, 0.15) is 0 Å². The third kappa shape index (κ3) is 2.29. The van der Waals surface area contributed by atoms with Crippen LogP contribution >= 0.6 is 11.6 Å². The van der Waals surface area contributed by atoms with E-state index in [4.69, 9.17) is 11.6 Å². The number of hydrogen-bond acceptors (Lipinski definition) is 4. The molecule has 4 aromatic rings. The van der Waals surface area contributed by atoms with E-state index < -0.39 is 11.2 Å². The van der Waals surface area contributed by atoms with Crippen LogP contribution in [0.3, 0.4) is 0 Å². The lowest BCUT2D eigenvalue weighted by molar-refractivity contribution is 0.539. The Hall–Kier alpha value is -2.87. The summed E-state index contributed by atoms with van der Waals surface area (Å²) >= 11 is 6.34. The molecule has 0 saturated heterocycles. The van der Waals surface area contributed by atoms with Crippen LogP contribution in [0.25, 0.3) is 28.3 Å². The fourth-order valence-electron chi connectivity index (χ4n) is 3.20. The minimum atomic E-state index is -0.495. The second-order valence-corrected chi connectivity index (χ2v) is 7.04. The smallest absolute Gasteiger partial charge is 0.302 e. The van der Waals surface area contributed by atoms with E-state index in [1.807, 2.05) is 32.0 Å². The first-order chi connectivity index (χ1) is 12.4. The molecule has 0 aliphatic carbocycles. The predicted molar refractivity (Wildman–Crippen MR) is 99.6 cm³/mol. The summed E-state index contributed by atoms with van der Waals surface area (Å²) in [6.07, 6.45) is 0. The Labute approximate surface area is 152 Å². The topological polar surface area (TPSA) is 90.0 Å². The third-order valence-corrected chi connectivity index (χ3v) is 4.63. The van der Waals surface area contributed by atoms with Crippen molar-refractivity contribution in [2.75, 3.05) is 0 Å². The van der Waals surface area contributed by atoms with E-state index in [2.05, 4.69) is 15.2 Å². The molecule has 26 heavy (non-hydrogen) atoms. The van der Waals surface area contributed by atoms with Gasteiger partial charge in [0.15, 0.2) is 17.0 Å². The quantitative estimate of drug-likeness (QED) is 0.596. The summed E-state index contributed by atoms with van der Waals surface area (Å²) in [5.41, 5.74) is 0.565. The zero-order chi connectivity index (χ0) is 18.6. The van der Waals surface area contributed by atoms with Crippen molar-refractivity contribution in [3.63, 3.8) is 0 Å². The minimum absolute atomic E-state index is 0.270. The minimum Gasteiger partial charge on any atom is -0.302 e. The van der Waals surface area contributed by atoms with Gasteiger partial charge in [-0.15, -0.1) is 10.2 Å². The predicted octanol–water partition coefficient (Wildman–Crippen LogP) is 2.05. The molecule has 0 bridgehead atoms. The Kier molecular flexibility index (Phi) is 3.73. The molecule has 0 aliphatic heterocycles. The number of benzene rings is 1. The number of nitrogens with zero attached hydrogens (tertiary/aromatic N) is 5. The van der Waals surface area contributed by atoms with Crippen LogP contribution in [0.4, 0.5) is 0 Å². The number of hydrogen-bond donors (Lipinski definition) is 1. The molecule has 9 heteroatoms. The fraction of sp³-hybridized carbons (Fsp3) is 0.294. The van der Waals surface area contributed by atoms with Crippen molar-refractivity contribution >= 4 is 28.5 Å². The van der Waals surface area contributed by atoms with Crippen LogP contribution in [0.15, 0.2) is 33.9 Å². The normalized spacial score (nSPS) is 11.9. The molecule has 0 amide bonds. The first-order valence-corrected chi connectivity index (χ1v) is 8.59. The second-order valence-electron chi connectivity index (χ2n) is 6.63. The fourth-order valence-corrected chi connectivity index (χ4v) is 3.42. The number of rotatable bonds is 3. The van der Waals surface area contributed by atoms with Gasteiger partial charge in [-0.2, -0.15) is 0 Å². The van der Waals surface area contributed by atoms with Crippen LogP contribution in [0, 0.1) is 5.92 Å². The van der Waals surface area contributed by atoms with Gasteiger partial charge in [-0.3, -0.25) is 14.3 Å². The average molecular weight is 373 g/mol. The molecular formula is C17H17ClN6O2. The van der Waals surface area contributed by atoms with Crippen LogP contribution in [-0.2, 0) is 13.6 Å². The summed E-state index contributed by atoms with van der Waals surface area (Å²) in [5.74, 6) is 1.25. The van der Waals surface area contributed by atoms with Crippen molar-refractivity contribution in [1.29, 1.82) is 0 Å². The van der Waals surface area contributed by atoms with Crippen LogP contribution in [0.1, 0.15) is 13.8 Å². The molecule has 1 N–H and O–H groups in total. The van der Waals surface area contributed by atoms with Gasteiger partial charge in [0.05, 0.1) is 5.02 Å². The van der Waals surface area contributed by atoms with Gasteiger partial charge in [0.25, 0.3) is 5.56 Å². The van der Waals surface area contributed by atoms with Crippen LogP contribution in [0.2, 0.25) is 5.02 Å². The van der Waals surface area contributed by atoms with Gasteiger partial charge in [-0.05, 0) is 18.1 Å². The van der Waals surface area contributed by atoms with Crippen LogP contribution < -0.4 is 11.2 Å². The van der Waals surface area contributed by atoms with E-state index >= 15 is 0 Å². The van der Waals surface area contributed by atoms with Gasteiger partial charge in [0.2, 0.25) is 5.78 Å². The van der Waals surface area contributed by atoms with E-state index in [0.717, 1.165) is 0 Å².